The second-order valence-corrected chi connectivity index (χ2v) is 3.66. The van der Waals surface area contributed by atoms with E-state index in [4.69, 9.17) is 11.6 Å². The second-order valence-electron chi connectivity index (χ2n) is 3.16. The monoisotopic (exact) mass is 159 g/mol. The Morgan fingerprint density at radius 1 is 1.50 bits per heavy atom. The molecule has 1 amide bonds. The van der Waals surface area contributed by atoms with Gasteiger partial charge >= 0.3 is 0 Å². The van der Waals surface area contributed by atoms with Crippen LogP contribution in [0.3, 0.4) is 0 Å². The minimum Gasteiger partial charge on any atom is -0.352 e. The summed E-state index contributed by atoms with van der Waals surface area (Å²) >= 11 is 6.03. The maximum Gasteiger partial charge on any atom is 0.220 e. The first-order valence-corrected chi connectivity index (χ1v) is 4.14. The topological polar surface area (TPSA) is 29.1 Å². The van der Waals surface area contributed by atoms with E-state index < -0.39 is 0 Å². The van der Waals surface area contributed by atoms with E-state index in [-0.39, 0.29) is 17.3 Å². The fraction of sp³-hybridized carbons (Fsp3) is 0.857. The molecular formula is C7H10ClNO. The van der Waals surface area contributed by atoms with E-state index >= 15 is 0 Å². The quantitative estimate of drug-likeness (QED) is 0.523. The number of fused-ring (bicyclic) bond motifs is 2. The summed E-state index contributed by atoms with van der Waals surface area (Å²) in [5, 5.41) is 3.09. The summed E-state index contributed by atoms with van der Waals surface area (Å²) in [6.07, 6.45) is 2.84. The molecule has 3 atom stereocenters. The van der Waals surface area contributed by atoms with Gasteiger partial charge in [-0.05, 0) is 18.8 Å². The van der Waals surface area contributed by atoms with Crippen molar-refractivity contribution >= 4 is 17.5 Å². The Hall–Kier alpha value is -0.240. The van der Waals surface area contributed by atoms with Crippen LogP contribution in [0.2, 0.25) is 0 Å². The minimum absolute atomic E-state index is 0.185. The van der Waals surface area contributed by atoms with Crippen LogP contribution < -0.4 is 5.32 Å². The van der Waals surface area contributed by atoms with Crippen molar-refractivity contribution in [2.24, 2.45) is 5.92 Å². The van der Waals surface area contributed by atoms with Gasteiger partial charge in [-0.1, -0.05) is 0 Å². The van der Waals surface area contributed by atoms with Gasteiger partial charge < -0.3 is 5.32 Å². The fourth-order valence-corrected chi connectivity index (χ4v) is 2.31. The zero-order chi connectivity index (χ0) is 7.14. The predicted octanol–water partition coefficient (Wildman–Crippen LogP) is 0.892. The molecule has 0 aromatic rings. The number of nitrogens with one attached hydrogen (secondary N) is 1. The Labute approximate surface area is 64.9 Å². The molecule has 2 rings (SSSR count). The van der Waals surface area contributed by atoms with Crippen molar-refractivity contribution in [3.05, 3.63) is 0 Å². The molecule has 10 heavy (non-hydrogen) atoms. The molecule has 2 bridgehead atoms. The molecule has 0 radical (unpaired) electrons. The summed E-state index contributed by atoms with van der Waals surface area (Å²) in [5.74, 6) is 0.643. The number of piperidine rings is 1. The van der Waals surface area contributed by atoms with Crippen LogP contribution in [0.5, 0.6) is 0 Å². The zero-order valence-corrected chi connectivity index (χ0v) is 6.40. The van der Waals surface area contributed by atoms with Gasteiger partial charge in [-0.3, -0.25) is 4.79 Å². The Kier molecular flexibility index (Phi) is 1.37. The molecule has 2 nitrogen and oxygen atoms in total. The van der Waals surface area contributed by atoms with Crippen LogP contribution in [0.1, 0.15) is 19.3 Å². The third-order valence-corrected chi connectivity index (χ3v) is 3.14. The van der Waals surface area contributed by atoms with Crippen molar-refractivity contribution < 1.29 is 4.79 Å². The van der Waals surface area contributed by atoms with E-state index in [0.717, 1.165) is 12.8 Å². The molecule has 0 spiro atoms. The van der Waals surface area contributed by atoms with Crippen molar-refractivity contribution in [1.82, 2.24) is 5.32 Å². The number of hydrogen-bond donors (Lipinski definition) is 1. The molecule has 1 heterocycles. The van der Waals surface area contributed by atoms with Crippen molar-refractivity contribution in [3.8, 4) is 0 Å². The molecule has 0 unspecified atom stereocenters. The molecule has 2 fully saturated rings. The Balaban J connectivity index is 2.16. The maximum absolute atomic E-state index is 10.9. The third-order valence-electron chi connectivity index (χ3n) is 2.48. The Morgan fingerprint density at radius 3 is 3.00 bits per heavy atom. The maximum atomic E-state index is 10.9. The SMILES string of the molecule is O=C1C[C@H]2CC[C@@H](N1)[C@@H]2Cl. The number of carbonyl (C=O) groups is 1. The summed E-state index contributed by atoms with van der Waals surface area (Å²) < 4.78 is 0. The molecule has 1 aliphatic heterocycles. The summed E-state index contributed by atoms with van der Waals surface area (Å²) in [5.41, 5.74) is 0. The minimum atomic E-state index is 0.185. The number of carbonyl (C=O) groups excluding carboxylic acids is 1. The number of alkyl halides is 1. The second kappa shape index (κ2) is 2.12. The molecule has 1 N–H and O–H groups in total. The van der Waals surface area contributed by atoms with E-state index in [2.05, 4.69) is 5.32 Å². The summed E-state index contributed by atoms with van der Waals surface area (Å²) in [4.78, 5) is 10.9. The molecule has 1 aliphatic carbocycles. The third kappa shape index (κ3) is 0.823. The largest absolute Gasteiger partial charge is 0.352 e. The molecule has 0 aromatic heterocycles. The number of amides is 1. The van der Waals surface area contributed by atoms with Gasteiger partial charge in [-0.2, -0.15) is 0 Å². The molecule has 3 heteroatoms. The van der Waals surface area contributed by atoms with Crippen LogP contribution in [-0.4, -0.2) is 17.3 Å². The average molecular weight is 160 g/mol. The van der Waals surface area contributed by atoms with Crippen LogP contribution in [0, 0.1) is 5.92 Å². The number of halogens is 1. The van der Waals surface area contributed by atoms with Gasteiger partial charge in [0.2, 0.25) is 5.91 Å². The lowest BCUT2D eigenvalue weighted by molar-refractivity contribution is -0.123. The van der Waals surface area contributed by atoms with Gasteiger partial charge in [0, 0.05) is 12.5 Å². The highest BCUT2D eigenvalue weighted by molar-refractivity contribution is 6.22. The van der Waals surface area contributed by atoms with Crippen molar-refractivity contribution in [2.45, 2.75) is 30.7 Å². The van der Waals surface area contributed by atoms with Gasteiger partial charge in [-0.25, -0.2) is 0 Å². The first kappa shape index (κ1) is 6.47. The van der Waals surface area contributed by atoms with Gasteiger partial charge in [0.25, 0.3) is 0 Å². The summed E-state index contributed by atoms with van der Waals surface area (Å²) in [7, 11) is 0. The lowest BCUT2D eigenvalue weighted by Gasteiger charge is -2.25. The first-order valence-electron chi connectivity index (χ1n) is 3.71. The Bertz CT molecular complexity index is 155. The lowest BCUT2D eigenvalue weighted by Crippen LogP contribution is -2.44. The van der Waals surface area contributed by atoms with Crippen molar-refractivity contribution in [3.63, 3.8) is 0 Å². The summed E-state index contributed by atoms with van der Waals surface area (Å²) in [6, 6.07) is 0.271. The lowest BCUT2D eigenvalue weighted by atomic mass is 10.00. The van der Waals surface area contributed by atoms with E-state index in [1.165, 1.54) is 0 Å². The van der Waals surface area contributed by atoms with Gasteiger partial charge in [0.05, 0.1) is 5.38 Å². The predicted molar refractivity (Wildman–Crippen MR) is 38.9 cm³/mol. The number of rotatable bonds is 0. The van der Waals surface area contributed by atoms with Gasteiger partial charge in [0.15, 0.2) is 0 Å². The molecule has 1 saturated heterocycles. The van der Waals surface area contributed by atoms with Crippen molar-refractivity contribution in [2.75, 3.05) is 0 Å². The smallest absolute Gasteiger partial charge is 0.220 e. The highest BCUT2D eigenvalue weighted by Gasteiger charge is 2.40. The van der Waals surface area contributed by atoms with E-state index in [1.807, 2.05) is 0 Å². The zero-order valence-electron chi connectivity index (χ0n) is 5.64. The molecule has 56 valence electrons. The molecule has 2 aliphatic rings. The molecular weight excluding hydrogens is 150 g/mol. The van der Waals surface area contributed by atoms with Crippen LogP contribution in [-0.2, 0) is 4.79 Å². The standard InChI is InChI=1S/C7H10ClNO/c8-7-4-1-2-5(7)9-6(10)3-4/h4-5,7H,1-3H2,(H,9,10)/t4-,5-,7-/m1/s1. The average Bonchev–Trinajstić information content (AvgIpc) is 2.20. The number of hydrogen-bond acceptors (Lipinski definition) is 1. The van der Waals surface area contributed by atoms with E-state index in [9.17, 15) is 4.79 Å². The van der Waals surface area contributed by atoms with Crippen LogP contribution >= 0.6 is 11.6 Å². The normalized spacial score (nSPS) is 45.3. The molecule has 1 saturated carbocycles. The van der Waals surface area contributed by atoms with E-state index in [1.54, 1.807) is 0 Å². The van der Waals surface area contributed by atoms with Crippen LogP contribution in [0.25, 0.3) is 0 Å². The highest BCUT2D eigenvalue weighted by Crippen LogP contribution is 2.35. The van der Waals surface area contributed by atoms with Crippen molar-refractivity contribution in [1.29, 1.82) is 0 Å². The fourth-order valence-electron chi connectivity index (χ4n) is 1.91. The van der Waals surface area contributed by atoms with Crippen LogP contribution in [0.4, 0.5) is 0 Å². The highest BCUT2D eigenvalue weighted by atomic mass is 35.5. The molecule has 0 aromatic carbocycles. The van der Waals surface area contributed by atoms with E-state index in [0.29, 0.717) is 12.3 Å². The summed E-state index contributed by atoms with van der Waals surface area (Å²) in [6.45, 7) is 0. The van der Waals surface area contributed by atoms with Gasteiger partial charge in [-0.15, -0.1) is 11.6 Å². The first-order chi connectivity index (χ1) is 4.77. The Morgan fingerprint density at radius 2 is 2.30 bits per heavy atom. The van der Waals surface area contributed by atoms with Gasteiger partial charge in [0.1, 0.15) is 0 Å². The van der Waals surface area contributed by atoms with Crippen LogP contribution in [0.15, 0.2) is 0 Å².